The zero-order valence-electron chi connectivity index (χ0n) is 11.2. The number of amides is 2. The molecule has 2 rings (SSSR count). The molecule has 0 fully saturated rings. The minimum atomic E-state index is -1.03. The lowest BCUT2D eigenvalue weighted by molar-refractivity contribution is -0.136. The van der Waals surface area contributed by atoms with Crippen molar-refractivity contribution in [2.45, 2.75) is 0 Å². The third-order valence-electron chi connectivity index (χ3n) is 2.60. The van der Waals surface area contributed by atoms with Crippen molar-refractivity contribution in [3.63, 3.8) is 0 Å². The summed E-state index contributed by atoms with van der Waals surface area (Å²) in [5.74, 6) is -2.68. The van der Waals surface area contributed by atoms with Gasteiger partial charge in [0.25, 0.3) is 0 Å². The van der Waals surface area contributed by atoms with E-state index in [9.17, 15) is 14.0 Å². The molecule has 0 aliphatic rings. The molecule has 0 radical (unpaired) electrons. The van der Waals surface area contributed by atoms with Crippen LogP contribution in [0.3, 0.4) is 0 Å². The van der Waals surface area contributed by atoms with Crippen LogP contribution >= 0.6 is 11.6 Å². The van der Waals surface area contributed by atoms with Crippen LogP contribution in [-0.4, -0.2) is 18.0 Å². The number of para-hydroxylation sites is 1. The predicted octanol–water partition coefficient (Wildman–Crippen LogP) is 2.57. The van der Waals surface area contributed by atoms with Gasteiger partial charge in [0.1, 0.15) is 5.82 Å². The van der Waals surface area contributed by atoms with E-state index < -0.39 is 17.6 Å². The smallest absolute Gasteiger partial charge is 0.315 e. The van der Waals surface area contributed by atoms with Gasteiger partial charge >= 0.3 is 11.8 Å². The monoisotopic (exact) mass is 319 g/mol. The summed E-state index contributed by atoms with van der Waals surface area (Å²) in [6.07, 6.45) is 1.30. The molecule has 22 heavy (non-hydrogen) atoms. The van der Waals surface area contributed by atoms with Crippen molar-refractivity contribution in [2.24, 2.45) is 5.10 Å². The summed E-state index contributed by atoms with van der Waals surface area (Å²) >= 11 is 5.90. The van der Waals surface area contributed by atoms with E-state index in [1.807, 2.05) is 5.43 Å². The molecule has 0 aromatic heterocycles. The molecule has 2 aromatic carbocycles. The highest BCUT2D eigenvalue weighted by Gasteiger charge is 2.14. The Kier molecular flexibility index (Phi) is 5.21. The van der Waals surface area contributed by atoms with E-state index in [1.165, 1.54) is 30.5 Å². The molecule has 0 atom stereocenters. The van der Waals surface area contributed by atoms with Gasteiger partial charge in [-0.3, -0.25) is 9.59 Å². The molecule has 2 amide bonds. The first-order valence-corrected chi connectivity index (χ1v) is 6.59. The molecule has 0 spiro atoms. The number of nitrogens with one attached hydrogen (secondary N) is 2. The molecule has 7 heteroatoms. The van der Waals surface area contributed by atoms with Crippen molar-refractivity contribution >= 4 is 35.3 Å². The van der Waals surface area contributed by atoms with Gasteiger partial charge in [0.2, 0.25) is 0 Å². The zero-order chi connectivity index (χ0) is 15.9. The lowest BCUT2D eigenvalue weighted by Crippen LogP contribution is -2.32. The number of hydrogen-bond acceptors (Lipinski definition) is 3. The largest absolute Gasteiger partial charge is 0.329 e. The van der Waals surface area contributed by atoms with Gasteiger partial charge in [0, 0.05) is 10.6 Å². The Morgan fingerprint density at radius 1 is 1.05 bits per heavy atom. The Bertz CT molecular complexity index is 734. The first-order valence-electron chi connectivity index (χ1n) is 6.21. The van der Waals surface area contributed by atoms with E-state index >= 15 is 0 Å². The highest BCUT2D eigenvalue weighted by molar-refractivity contribution is 6.39. The van der Waals surface area contributed by atoms with Crippen LogP contribution in [0.4, 0.5) is 10.1 Å². The third-order valence-corrected chi connectivity index (χ3v) is 2.95. The Morgan fingerprint density at radius 2 is 1.73 bits per heavy atom. The number of carbonyl (C=O) groups excluding carboxylic acids is 2. The summed E-state index contributed by atoms with van der Waals surface area (Å²) in [6.45, 7) is 0. The number of anilines is 1. The second kappa shape index (κ2) is 7.33. The summed E-state index contributed by atoms with van der Waals surface area (Å²) in [5.41, 5.74) is 2.53. The summed E-state index contributed by atoms with van der Waals surface area (Å²) in [7, 11) is 0. The third kappa shape index (κ3) is 4.13. The molecule has 2 N–H and O–H groups in total. The van der Waals surface area contributed by atoms with E-state index in [0.29, 0.717) is 10.6 Å². The molecular formula is C15H11ClFN3O2. The van der Waals surface area contributed by atoms with Gasteiger partial charge in [-0.25, -0.2) is 9.82 Å². The molecule has 2 aromatic rings. The van der Waals surface area contributed by atoms with Gasteiger partial charge in [-0.2, -0.15) is 5.10 Å². The van der Waals surface area contributed by atoms with E-state index in [0.717, 1.165) is 0 Å². The second-order valence-electron chi connectivity index (χ2n) is 4.15. The molecule has 0 aliphatic heterocycles. The van der Waals surface area contributed by atoms with Crippen LogP contribution in [0, 0.1) is 5.82 Å². The number of benzene rings is 2. The number of rotatable bonds is 3. The quantitative estimate of drug-likeness (QED) is 0.518. The van der Waals surface area contributed by atoms with Crippen molar-refractivity contribution in [2.75, 3.05) is 5.32 Å². The Balaban J connectivity index is 1.94. The van der Waals surface area contributed by atoms with Crippen LogP contribution in [0.25, 0.3) is 0 Å². The fourth-order valence-electron chi connectivity index (χ4n) is 1.53. The summed E-state index contributed by atoms with van der Waals surface area (Å²) in [5, 5.41) is 6.22. The standard InChI is InChI=1S/C15H11ClFN3O2/c16-11-6-2-1-5-10(11)9-18-20-15(22)14(21)19-13-8-4-3-7-12(13)17/h1-9H,(H,19,21)(H,20,22)/b18-9-. The first-order chi connectivity index (χ1) is 10.6. The maximum absolute atomic E-state index is 13.3. The van der Waals surface area contributed by atoms with E-state index in [-0.39, 0.29) is 5.69 Å². The van der Waals surface area contributed by atoms with Crippen LogP contribution < -0.4 is 10.7 Å². The van der Waals surface area contributed by atoms with Gasteiger partial charge in [0.15, 0.2) is 0 Å². The maximum atomic E-state index is 13.3. The minimum Gasteiger partial charge on any atom is -0.315 e. The molecule has 0 saturated carbocycles. The van der Waals surface area contributed by atoms with E-state index in [1.54, 1.807) is 24.3 Å². The van der Waals surface area contributed by atoms with E-state index in [2.05, 4.69) is 10.4 Å². The molecule has 0 unspecified atom stereocenters. The number of hydrazone groups is 1. The minimum absolute atomic E-state index is 0.0854. The molecule has 0 heterocycles. The summed E-state index contributed by atoms with van der Waals surface area (Å²) in [6, 6.07) is 12.4. The van der Waals surface area contributed by atoms with Crippen molar-refractivity contribution in [3.8, 4) is 0 Å². The lowest BCUT2D eigenvalue weighted by Gasteiger charge is -2.04. The Labute approximate surface area is 130 Å². The molecule has 0 saturated heterocycles. The first kappa shape index (κ1) is 15.7. The van der Waals surface area contributed by atoms with Gasteiger partial charge in [-0.15, -0.1) is 0 Å². The predicted molar refractivity (Wildman–Crippen MR) is 82.2 cm³/mol. The Hall–Kier alpha value is -2.73. The number of hydrogen-bond donors (Lipinski definition) is 2. The van der Waals surface area contributed by atoms with Crippen LogP contribution in [0.1, 0.15) is 5.56 Å². The van der Waals surface area contributed by atoms with Crippen molar-refractivity contribution in [1.82, 2.24) is 5.43 Å². The van der Waals surface area contributed by atoms with Gasteiger partial charge in [0.05, 0.1) is 11.9 Å². The molecule has 112 valence electrons. The number of carbonyl (C=O) groups is 2. The second-order valence-corrected chi connectivity index (χ2v) is 4.56. The summed E-state index contributed by atoms with van der Waals surface area (Å²) < 4.78 is 13.3. The lowest BCUT2D eigenvalue weighted by atomic mass is 10.2. The SMILES string of the molecule is O=C(N/N=C\c1ccccc1Cl)C(=O)Nc1ccccc1F. The average Bonchev–Trinajstić information content (AvgIpc) is 2.51. The van der Waals surface area contributed by atoms with Crippen molar-refractivity contribution < 1.29 is 14.0 Å². The van der Waals surface area contributed by atoms with Crippen molar-refractivity contribution in [3.05, 3.63) is 64.9 Å². The van der Waals surface area contributed by atoms with Crippen LogP contribution in [0.2, 0.25) is 5.02 Å². The van der Waals surface area contributed by atoms with Crippen LogP contribution in [-0.2, 0) is 9.59 Å². The molecule has 0 aliphatic carbocycles. The van der Waals surface area contributed by atoms with Gasteiger partial charge in [-0.1, -0.05) is 41.9 Å². The Morgan fingerprint density at radius 3 is 2.45 bits per heavy atom. The maximum Gasteiger partial charge on any atom is 0.329 e. The average molecular weight is 320 g/mol. The van der Waals surface area contributed by atoms with Gasteiger partial charge < -0.3 is 5.32 Å². The van der Waals surface area contributed by atoms with Crippen LogP contribution in [0.5, 0.6) is 0 Å². The van der Waals surface area contributed by atoms with E-state index in [4.69, 9.17) is 11.6 Å². The highest BCUT2D eigenvalue weighted by Crippen LogP contribution is 2.12. The zero-order valence-corrected chi connectivity index (χ0v) is 12.0. The molecular weight excluding hydrogens is 309 g/mol. The highest BCUT2D eigenvalue weighted by atomic mass is 35.5. The fraction of sp³-hybridized carbons (Fsp3) is 0. The molecule has 0 bridgehead atoms. The topological polar surface area (TPSA) is 70.6 Å². The van der Waals surface area contributed by atoms with Crippen LogP contribution in [0.15, 0.2) is 53.6 Å². The molecule has 5 nitrogen and oxygen atoms in total. The van der Waals surface area contributed by atoms with Crippen molar-refractivity contribution in [1.29, 1.82) is 0 Å². The number of halogens is 2. The van der Waals surface area contributed by atoms with Gasteiger partial charge in [-0.05, 0) is 18.2 Å². The normalized spacial score (nSPS) is 10.5. The summed E-state index contributed by atoms with van der Waals surface area (Å²) in [4.78, 5) is 23.1. The fourth-order valence-corrected chi connectivity index (χ4v) is 1.72. The number of nitrogens with zero attached hydrogens (tertiary/aromatic N) is 1.